The van der Waals surface area contributed by atoms with Crippen LogP contribution < -0.4 is 10.0 Å². The van der Waals surface area contributed by atoms with E-state index in [9.17, 15) is 23.9 Å². The molecule has 0 saturated carbocycles. The van der Waals surface area contributed by atoms with Crippen molar-refractivity contribution in [2.45, 2.75) is 25.0 Å². The van der Waals surface area contributed by atoms with E-state index in [4.69, 9.17) is 0 Å². The maximum Gasteiger partial charge on any atom is 0.229 e. The second-order valence-electron chi connectivity index (χ2n) is 7.97. The lowest BCUT2D eigenvalue weighted by molar-refractivity contribution is 0.167. The lowest BCUT2D eigenvalue weighted by Crippen LogP contribution is -2.32. The first kappa shape index (κ1) is 24.3. The highest BCUT2D eigenvalue weighted by Crippen LogP contribution is 2.26. The number of benzene rings is 3. The highest BCUT2D eigenvalue weighted by molar-refractivity contribution is 7.92. The van der Waals surface area contributed by atoms with Gasteiger partial charge in [0.2, 0.25) is 10.0 Å². The van der Waals surface area contributed by atoms with Crippen molar-refractivity contribution < 1.29 is 18.6 Å². The molecule has 0 amide bonds. The van der Waals surface area contributed by atoms with Gasteiger partial charge in [0.1, 0.15) is 5.75 Å². The van der Waals surface area contributed by atoms with Crippen molar-refractivity contribution in [3.8, 4) is 11.8 Å². The third-order valence-electron chi connectivity index (χ3n) is 5.13. The minimum Gasteiger partial charge on any atom is -0.506 e. The summed E-state index contributed by atoms with van der Waals surface area (Å²) in [6.07, 6.45) is 1.20. The molecule has 0 aromatic heterocycles. The maximum atomic E-state index is 11.5. The van der Waals surface area contributed by atoms with Gasteiger partial charge in [-0.1, -0.05) is 48.5 Å². The molecule has 8 heteroatoms. The number of nitriles is 1. The highest BCUT2D eigenvalue weighted by Gasteiger charge is 2.16. The van der Waals surface area contributed by atoms with Crippen LogP contribution in [0.15, 0.2) is 72.8 Å². The molecule has 4 N–H and O–H groups in total. The summed E-state index contributed by atoms with van der Waals surface area (Å²) < 4.78 is 25.3. The predicted molar refractivity (Wildman–Crippen MR) is 128 cm³/mol. The standard InChI is InChI=1S/C25H27N3O4S/c1-33(31,32)28-24-15-19(10-11-25(24)30)13-22(29)17-27-23(14-18-6-3-2-4-7-18)21-9-5-8-20(12-21)16-26/h2-12,15,22-23,27-30H,13-14,17H2,1H3/t22-,23?/m0/s1. The zero-order valence-electron chi connectivity index (χ0n) is 18.3. The zero-order chi connectivity index (χ0) is 23.8. The molecule has 2 atom stereocenters. The van der Waals surface area contributed by atoms with Gasteiger partial charge >= 0.3 is 0 Å². The van der Waals surface area contributed by atoms with E-state index in [1.54, 1.807) is 12.1 Å². The predicted octanol–water partition coefficient (Wildman–Crippen LogP) is 3.11. The van der Waals surface area contributed by atoms with Crippen LogP contribution in [0.5, 0.6) is 5.75 Å². The molecule has 0 aliphatic heterocycles. The summed E-state index contributed by atoms with van der Waals surface area (Å²) in [5.74, 6) is -0.183. The summed E-state index contributed by atoms with van der Waals surface area (Å²) in [5, 5.41) is 33.2. The topological polar surface area (TPSA) is 122 Å². The Morgan fingerprint density at radius 1 is 0.970 bits per heavy atom. The van der Waals surface area contributed by atoms with E-state index in [-0.39, 0.29) is 30.4 Å². The molecule has 0 saturated heterocycles. The number of anilines is 1. The van der Waals surface area contributed by atoms with Crippen molar-refractivity contribution in [2.24, 2.45) is 0 Å². The number of aliphatic hydroxyl groups is 1. The van der Waals surface area contributed by atoms with Crippen LogP contribution in [0.4, 0.5) is 5.69 Å². The molecule has 0 aliphatic carbocycles. The number of phenolic OH excluding ortho intramolecular Hbond substituents is 1. The van der Waals surface area contributed by atoms with E-state index in [0.29, 0.717) is 17.5 Å². The van der Waals surface area contributed by atoms with Crippen LogP contribution in [-0.2, 0) is 22.9 Å². The van der Waals surface area contributed by atoms with Crippen molar-refractivity contribution >= 4 is 15.7 Å². The molecule has 33 heavy (non-hydrogen) atoms. The first-order chi connectivity index (χ1) is 15.7. The van der Waals surface area contributed by atoms with E-state index in [1.807, 2.05) is 48.5 Å². The van der Waals surface area contributed by atoms with Crippen LogP contribution in [0.1, 0.15) is 28.3 Å². The number of hydrogen-bond acceptors (Lipinski definition) is 6. The van der Waals surface area contributed by atoms with E-state index in [2.05, 4.69) is 16.1 Å². The Kier molecular flexibility index (Phi) is 8.06. The van der Waals surface area contributed by atoms with Gasteiger partial charge in [-0.25, -0.2) is 8.42 Å². The first-order valence-electron chi connectivity index (χ1n) is 10.5. The smallest absolute Gasteiger partial charge is 0.229 e. The minimum atomic E-state index is -3.54. The van der Waals surface area contributed by atoms with Gasteiger partial charge < -0.3 is 15.5 Å². The number of aliphatic hydroxyl groups excluding tert-OH is 1. The molecule has 172 valence electrons. The summed E-state index contributed by atoms with van der Waals surface area (Å²) in [4.78, 5) is 0. The SMILES string of the molecule is CS(=O)(=O)Nc1cc(C[C@H](O)CNC(Cc2ccccc2)c2cccc(C#N)c2)ccc1O. The Morgan fingerprint density at radius 2 is 1.73 bits per heavy atom. The number of hydrogen-bond donors (Lipinski definition) is 4. The quantitative estimate of drug-likeness (QED) is 0.341. The summed E-state index contributed by atoms with van der Waals surface area (Å²) >= 11 is 0. The largest absolute Gasteiger partial charge is 0.506 e. The molecule has 0 radical (unpaired) electrons. The fourth-order valence-corrected chi connectivity index (χ4v) is 4.16. The average molecular weight is 466 g/mol. The first-order valence-corrected chi connectivity index (χ1v) is 12.4. The monoisotopic (exact) mass is 465 g/mol. The van der Waals surface area contributed by atoms with Crippen LogP contribution >= 0.6 is 0 Å². The Hall–Kier alpha value is -3.38. The normalized spacial score (nSPS) is 13.1. The molecule has 1 unspecified atom stereocenters. The Bertz CT molecular complexity index is 1220. The number of sulfonamides is 1. The van der Waals surface area contributed by atoms with Crippen LogP contribution in [0.25, 0.3) is 0 Å². The highest BCUT2D eigenvalue weighted by atomic mass is 32.2. The van der Waals surface area contributed by atoms with Crippen molar-refractivity contribution in [1.29, 1.82) is 5.26 Å². The Labute approximate surface area is 194 Å². The summed E-state index contributed by atoms with van der Waals surface area (Å²) in [6, 6.07) is 24.0. The van der Waals surface area contributed by atoms with Crippen molar-refractivity contribution in [1.82, 2.24) is 5.32 Å². The number of nitrogens with zero attached hydrogens (tertiary/aromatic N) is 1. The third-order valence-corrected chi connectivity index (χ3v) is 5.72. The van der Waals surface area contributed by atoms with Gasteiger partial charge in [-0.3, -0.25) is 4.72 Å². The molecule has 7 nitrogen and oxygen atoms in total. The third kappa shape index (κ3) is 7.61. The van der Waals surface area contributed by atoms with E-state index < -0.39 is 16.1 Å². The number of aromatic hydroxyl groups is 1. The van der Waals surface area contributed by atoms with Crippen LogP contribution in [0, 0.1) is 11.3 Å². The van der Waals surface area contributed by atoms with Gasteiger partial charge in [0.05, 0.1) is 29.7 Å². The lowest BCUT2D eigenvalue weighted by Gasteiger charge is -2.22. The molecular weight excluding hydrogens is 438 g/mol. The Morgan fingerprint density at radius 3 is 2.42 bits per heavy atom. The zero-order valence-corrected chi connectivity index (χ0v) is 19.1. The van der Waals surface area contributed by atoms with Gasteiger partial charge in [0, 0.05) is 12.6 Å². The van der Waals surface area contributed by atoms with Gasteiger partial charge in [-0.2, -0.15) is 5.26 Å². The molecule has 0 bridgehead atoms. The van der Waals surface area contributed by atoms with Gasteiger partial charge in [0.25, 0.3) is 0 Å². The fraction of sp³-hybridized carbons (Fsp3) is 0.240. The molecule has 0 aliphatic rings. The van der Waals surface area contributed by atoms with Gasteiger partial charge in [-0.05, 0) is 53.8 Å². The molecule has 0 spiro atoms. The minimum absolute atomic E-state index is 0.0745. The average Bonchev–Trinajstić information content (AvgIpc) is 2.78. The molecule has 3 aromatic rings. The molecule has 0 heterocycles. The molecule has 0 fully saturated rings. The fourth-order valence-electron chi connectivity index (χ4n) is 3.60. The van der Waals surface area contributed by atoms with E-state index in [1.165, 1.54) is 12.1 Å². The van der Waals surface area contributed by atoms with Gasteiger partial charge in [-0.15, -0.1) is 0 Å². The second-order valence-corrected chi connectivity index (χ2v) is 9.72. The van der Waals surface area contributed by atoms with Crippen LogP contribution in [0.2, 0.25) is 0 Å². The van der Waals surface area contributed by atoms with Crippen molar-refractivity contribution in [3.05, 3.63) is 95.1 Å². The van der Waals surface area contributed by atoms with Crippen molar-refractivity contribution in [3.63, 3.8) is 0 Å². The summed E-state index contributed by atoms with van der Waals surface area (Å²) in [6.45, 7) is 0.282. The number of nitrogens with one attached hydrogen (secondary N) is 2. The Balaban J connectivity index is 1.71. The number of rotatable bonds is 10. The maximum absolute atomic E-state index is 11.5. The molecular formula is C25H27N3O4S. The summed E-state index contributed by atoms with van der Waals surface area (Å²) in [5.41, 5.74) is 3.41. The van der Waals surface area contributed by atoms with Crippen LogP contribution in [0.3, 0.4) is 0 Å². The molecule has 3 rings (SSSR count). The summed E-state index contributed by atoms with van der Waals surface area (Å²) in [7, 11) is -3.54. The van der Waals surface area contributed by atoms with E-state index in [0.717, 1.165) is 17.4 Å². The molecule has 3 aromatic carbocycles. The van der Waals surface area contributed by atoms with E-state index >= 15 is 0 Å². The van der Waals surface area contributed by atoms with Gasteiger partial charge in [0.15, 0.2) is 0 Å². The van der Waals surface area contributed by atoms with Crippen LogP contribution in [-0.4, -0.2) is 37.5 Å². The number of phenols is 1. The second kappa shape index (κ2) is 11.0. The lowest BCUT2D eigenvalue weighted by atomic mass is 9.97. The van der Waals surface area contributed by atoms with Crippen molar-refractivity contribution in [2.75, 3.05) is 17.5 Å².